The zero-order valence-corrected chi connectivity index (χ0v) is 16.6. The van der Waals surface area contributed by atoms with Crippen molar-refractivity contribution >= 4 is 22.9 Å². The number of hydrogen-bond donors (Lipinski definition) is 1. The Balaban J connectivity index is 1.60. The molecule has 2 aromatic heterocycles. The highest BCUT2D eigenvalue weighted by molar-refractivity contribution is 7.15. The van der Waals surface area contributed by atoms with E-state index in [1.807, 2.05) is 42.5 Å². The normalized spacial score (nSPS) is 11.0. The van der Waals surface area contributed by atoms with Crippen LogP contribution in [0.25, 0.3) is 22.2 Å². The summed E-state index contributed by atoms with van der Waals surface area (Å²) < 4.78 is 11.2. The molecule has 4 rings (SSSR count). The van der Waals surface area contributed by atoms with Crippen molar-refractivity contribution < 1.29 is 14.4 Å². The summed E-state index contributed by atoms with van der Waals surface area (Å²) in [6, 6.07) is 16.8. The lowest BCUT2D eigenvalue weighted by molar-refractivity contribution is 0.285. The molecule has 0 atom stereocenters. The number of aromatic nitrogens is 2. The Bertz CT molecular complexity index is 1090. The maximum Gasteiger partial charge on any atom is 0.258 e. The van der Waals surface area contributed by atoms with Crippen LogP contribution in [0.4, 0.5) is 0 Å². The first-order chi connectivity index (χ1) is 13.7. The second-order valence-corrected chi connectivity index (χ2v) is 7.61. The molecule has 0 bridgehead atoms. The summed E-state index contributed by atoms with van der Waals surface area (Å²) in [6.07, 6.45) is 0.826. The van der Waals surface area contributed by atoms with Crippen LogP contribution in [0, 0.1) is 0 Å². The first kappa shape index (κ1) is 18.7. The Labute approximate surface area is 171 Å². The van der Waals surface area contributed by atoms with Gasteiger partial charge in [-0.3, -0.25) is 0 Å². The standard InChI is InChI=1S/C21H17ClN2O3S/c1-2-13-10-16(12-25)28-19(13)20-23-21(27-24-20)14-8-9-18(17(22)11-14)26-15-6-4-3-5-7-15/h3-11,25H,2,12H2,1H3. The second-order valence-electron chi connectivity index (χ2n) is 6.06. The highest BCUT2D eigenvalue weighted by Crippen LogP contribution is 2.35. The van der Waals surface area contributed by atoms with Crippen LogP contribution in [0.3, 0.4) is 0 Å². The third-order valence-corrected chi connectivity index (χ3v) is 5.63. The van der Waals surface area contributed by atoms with Gasteiger partial charge in [0.15, 0.2) is 0 Å². The van der Waals surface area contributed by atoms with E-state index in [9.17, 15) is 5.11 Å². The van der Waals surface area contributed by atoms with E-state index in [1.54, 1.807) is 12.1 Å². The second kappa shape index (κ2) is 8.14. The smallest absolute Gasteiger partial charge is 0.258 e. The molecule has 4 aromatic rings. The quantitative estimate of drug-likeness (QED) is 0.422. The van der Waals surface area contributed by atoms with Gasteiger partial charge in [0.25, 0.3) is 5.89 Å². The van der Waals surface area contributed by atoms with Crippen LogP contribution in [0.1, 0.15) is 17.4 Å². The summed E-state index contributed by atoms with van der Waals surface area (Å²) in [5.41, 5.74) is 1.80. The molecule has 28 heavy (non-hydrogen) atoms. The fourth-order valence-electron chi connectivity index (χ4n) is 2.78. The minimum atomic E-state index is 0.000853. The Hall–Kier alpha value is -2.67. The Morgan fingerprint density at radius 2 is 1.96 bits per heavy atom. The fraction of sp³-hybridized carbons (Fsp3) is 0.143. The molecule has 0 aliphatic heterocycles. The molecule has 0 saturated heterocycles. The predicted molar refractivity (Wildman–Crippen MR) is 110 cm³/mol. The third-order valence-electron chi connectivity index (χ3n) is 4.18. The lowest BCUT2D eigenvalue weighted by atomic mass is 10.2. The lowest BCUT2D eigenvalue weighted by Crippen LogP contribution is -1.86. The number of aliphatic hydroxyl groups is 1. The molecule has 0 spiro atoms. The highest BCUT2D eigenvalue weighted by atomic mass is 35.5. The van der Waals surface area contributed by atoms with E-state index in [4.69, 9.17) is 20.9 Å². The zero-order valence-electron chi connectivity index (χ0n) is 15.1. The van der Waals surface area contributed by atoms with Gasteiger partial charge in [0.2, 0.25) is 5.82 Å². The largest absolute Gasteiger partial charge is 0.456 e. The first-order valence-electron chi connectivity index (χ1n) is 8.77. The van der Waals surface area contributed by atoms with Gasteiger partial charge in [-0.1, -0.05) is 41.9 Å². The molecule has 5 nitrogen and oxygen atoms in total. The zero-order chi connectivity index (χ0) is 19.5. The number of aryl methyl sites for hydroxylation is 1. The van der Waals surface area contributed by atoms with E-state index < -0.39 is 0 Å². The maximum absolute atomic E-state index is 9.38. The van der Waals surface area contributed by atoms with Crippen LogP contribution in [0.15, 0.2) is 59.1 Å². The van der Waals surface area contributed by atoms with Crippen molar-refractivity contribution in [3.05, 3.63) is 70.1 Å². The highest BCUT2D eigenvalue weighted by Gasteiger charge is 2.17. The average Bonchev–Trinajstić information content (AvgIpc) is 3.37. The van der Waals surface area contributed by atoms with Crippen molar-refractivity contribution in [3.8, 4) is 33.7 Å². The van der Waals surface area contributed by atoms with E-state index in [2.05, 4.69) is 17.1 Å². The van der Waals surface area contributed by atoms with Crippen LogP contribution >= 0.6 is 22.9 Å². The number of halogens is 1. The molecule has 142 valence electrons. The van der Waals surface area contributed by atoms with E-state index >= 15 is 0 Å². The number of para-hydroxylation sites is 1. The van der Waals surface area contributed by atoms with Crippen LogP contribution in [0.5, 0.6) is 11.5 Å². The van der Waals surface area contributed by atoms with E-state index in [0.717, 1.165) is 21.7 Å². The topological polar surface area (TPSA) is 68.4 Å². The van der Waals surface area contributed by atoms with Gasteiger partial charge in [-0.05, 0) is 48.4 Å². The molecular formula is C21H17ClN2O3S. The molecule has 2 heterocycles. The van der Waals surface area contributed by atoms with Crippen LogP contribution in [-0.2, 0) is 13.0 Å². The monoisotopic (exact) mass is 412 g/mol. The number of rotatable bonds is 6. The predicted octanol–water partition coefficient (Wildman–Crippen LogP) is 5.97. The summed E-state index contributed by atoms with van der Waals surface area (Å²) in [5.74, 6) is 2.15. The van der Waals surface area contributed by atoms with Gasteiger partial charge in [0.05, 0.1) is 16.5 Å². The van der Waals surface area contributed by atoms with Crippen LogP contribution < -0.4 is 4.74 Å². The fourth-order valence-corrected chi connectivity index (χ4v) is 4.04. The minimum absolute atomic E-state index is 0.000853. The first-order valence-corrected chi connectivity index (χ1v) is 9.96. The van der Waals surface area contributed by atoms with Crippen LogP contribution in [-0.4, -0.2) is 15.2 Å². The van der Waals surface area contributed by atoms with Gasteiger partial charge >= 0.3 is 0 Å². The lowest BCUT2D eigenvalue weighted by Gasteiger charge is -2.07. The molecule has 0 saturated carbocycles. The van der Waals surface area contributed by atoms with Crippen molar-refractivity contribution in [2.45, 2.75) is 20.0 Å². The number of thiophene rings is 1. The molecule has 0 radical (unpaired) electrons. The van der Waals surface area contributed by atoms with Gasteiger partial charge in [-0.25, -0.2) is 0 Å². The van der Waals surface area contributed by atoms with E-state index in [1.165, 1.54) is 11.3 Å². The van der Waals surface area contributed by atoms with Crippen molar-refractivity contribution in [2.75, 3.05) is 0 Å². The summed E-state index contributed by atoms with van der Waals surface area (Å²) in [4.78, 5) is 6.31. The van der Waals surface area contributed by atoms with Gasteiger partial charge in [-0.15, -0.1) is 11.3 Å². The minimum Gasteiger partial charge on any atom is -0.456 e. The van der Waals surface area contributed by atoms with Gasteiger partial charge < -0.3 is 14.4 Å². The molecule has 0 aliphatic rings. The number of hydrogen-bond acceptors (Lipinski definition) is 6. The summed E-state index contributed by atoms with van der Waals surface area (Å²) in [7, 11) is 0. The molecule has 0 fully saturated rings. The third kappa shape index (κ3) is 3.80. The summed E-state index contributed by atoms with van der Waals surface area (Å²) in [6.45, 7) is 2.06. The van der Waals surface area contributed by atoms with Gasteiger partial charge in [-0.2, -0.15) is 4.98 Å². The molecule has 0 aliphatic carbocycles. The molecule has 0 amide bonds. The van der Waals surface area contributed by atoms with E-state index in [-0.39, 0.29) is 6.61 Å². The number of ether oxygens (including phenoxy) is 1. The van der Waals surface area contributed by atoms with Crippen molar-refractivity contribution in [1.29, 1.82) is 0 Å². The van der Waals surface area contributed by atoms with E-state index in [0.29, 0.717) is 33.8 Å². The molecule has 2 aromatic carbocycles. The molecule has 7 heteroatoms. The molecular weight excluding hydrogens is 396 g/mol. The Kier molecular flexibility index (Phi) is 5.43. The van der Waals surface area contributed by atoms with Crippen molar-refractivity contribution in [3.63, 3.8) is 0 Å². The number of nitrogens with zero attached hydrogens (tertiary/aromatic N) is 2. The van der Waals surface area contributed by atoms with Gasteiger partial charge in [0.1, 0.15) is 11.5 Å². The number of benzene rings is 2. The van der Waals surface area contributed by atoms with Crippen molar-refractivity contribution in [1.82, 2.24) is 10.1 Å². The SMILES string of the molecule is CCc1cc(CO)sc1-c1noc(-c2ccc(Oc3ccccc3)c(Cl)c2)n1. The maximum atomic E-state index is 9.38. The average molecular weight is 413 g/mol. The summed E-state index contributed by atoms with van der Waals surface area (Å²) >= 11 is 7.85. The Morgan fingerprint density at radius 1 is 1.14 bits per heavy atom. The van der Waals surface area contributed by atoms with Gasteiger partial charge in [0, 0.05) is 10.4 Å². The Morgan fingerprint density at radius 3 is 2.68 bits per heavy atom. The molecule has 1 N–H and O–H groups in total. The summed E-state index contributed by atoms with van der Waals surface area (Å²) in [5, 5.41) is 13.9. The van der Waals surface area contributed by atoms with Crippen molar-refractivity contribution in [2.24, 2.45) is 0 Å². The molecule has 0 unspecified atom stereocenters. The van der Waals surface area contributed by atoms with Crippen LogP contribution in [0.2, 0.25) is 5.02 Å². The number of aliphatic hydroxyl groups excluding tert-OH is 1.